The highest BCUT2D eigenvalue weighted by Gasteiger charge is 2.21. The van der Waals surface area contributed by atoms with Crippen LogP contribution in [0.1, 0.15) is 0 Å². The fourth-order valence-corrected chi connectivity index (χ4v) is 2.69. The molecule has 0 amide bonds. The summed E-state index contributed by atoms with van der Waals surface area (Å²) < 4.78 is 63.2. The predicted octanol–water partition coefficient (Wildman–Crippen LogP) is 4.35. The number of rotatable bonds is 2. The van der Waals surface area contributed by atoms with E-state index in [0.717, 1.165) is 12.1 Å². The summed E-state index contributed by atoms with van der Waals surface area (Å²) >= 11 is 5.56. The van der Waals surface area contributed by atoms with E-state index in [1.165, 1.54) is 6.07 Å². The van der Waals surface area contributed by atoms with Gasteiger partial charge in [-0.15, -0.1) is 0 Å². The van der Waals surface area contributed by atoms with Crippen LogP contribution in [0.15, 0.2) is 35.2 Å². The van der Waals surface area contributed by atoms with Crippen LogP contribution in [-0.4, -0.2) is 8.42 Å². The molecule has 0 aromatic heterocycles. The van der Waals surface area contributed by atoms with Gasteiger partial charge in [0.25, 0.3) is 9.05 Å². The molecular weight excluding hydrogens is 336 g/mol. The van der Waals surface area contributed by atoms with Gasteiger partial charge in [0.1, 0.15) is 22.3 Å². The van der Waals surface area contributed by atoms with Gasteiger partial charge < -0.3 is 0 Å². The van der Waals surface area contributed by atoms with Crippen LogP contribution in [-0.2, 0) is 9.05 Å². The van der Waals surface area contributed by atoms with Crippen molar-refractivity contribution in [2.45, 2.75) is 4.90 Å². The average molecular weight is 341 g/mol. The molecule has 0 N–H and O–H groups in total. The summed E-state index contributed by atoms with van der Waals surface area (Å²) in [5.74, 6) is -3.34. The van der Waals surface area contributed by atoms with Gasteiger partial charge in [0.05, 0.1) is 0 Å². The van der Waals surface area contributed by atoms with Crippen LogP contribution in [0, 0.1) is 17.5 Å². The van der Waals surface area contributed by atoms with Gasteiger partial charge in [-0.1, -0.05) is 11.6 Å². The van der Waals surface area contributed by atoms with E-state index < -0.39 is 37.0 Å². The predicted molar refractivity (Wildman–Crippen MR) is 69.8 cm³/mol. The first-order chi connectivity index (χ1) is 9.20. The standard InChI is InChI=1S/C12H5Cl2F3O2S/c13-6-1-2-7(9(15)3-6)8-4-12(20(14,18)19)11(17)5-10(8)16/h1-5H. The number of halogens is 5. The molecule has 0 aliphatic heterocycles. The smallest absolute Gasteiger partial charge is 0.207 e. The summed E-state index contributed by atoms with van der Waals surface area (Å²) in [6.45, 7) is 0. The van der Waals surface area contributed by atoms with Crippen LogP contribution in [0.4, 0.5) is 13.2 Å². The zero-order valence-electron chi connectivity index (χ0n) is 9.50. The molecule has 0 radical (unpaired) electrons. The summed E-state index contributed by atoms with van der Waals surface area (Å²) in [6, 6.07) is 4.34. The van der Waals surface area contributed by atoms with Gasteiger partial charge in [-0.2, -0.15) is 0 Å². The van der Waals surface area contributed by atoms with Crippen LogP contribution in [0.3, 0.4) is 0 Å². The van der Waals surface area contributed by atoms with E-state index in [-0.39, 0.29) is 10.6 Å². The average Bonchev–Trinajstić information content (AvgIpc) is 2.28. The minimum Gasteiger partial charge on any atom is -0.207 e. The van der Waals surface area contributed by atoms with E-state index in [1.807, 2.05) is 0 Å². The SMILES string of the molecule is O=S(=O)(Cl)c1cc(-c2ccc(Cl)cc2F)c(F)cc1F. The summed E-state index contributed by atoms with van der Waals surface area (Å²) in [5, 5.41) is 0.0824. The van der Waals surface area contributed by atoms with Crippen molar-refractivity contribution in [1.29, 1.82) is 0 Å². The van der Waals surface area contributed by atoms with Crippen molar-refractivity contribution < 1.29 is 21.6 Å². The summed E-state index contributed by atoms with van der Waals surface area (Å²) in [7, 11) is 0.616. The molecule has 0 bridgehead atoms. The monoisotopic (exact) mass is 340 g/mol. The van der Waals surface area contributed by atoms with Crippen molar-refractivity contribution in [2.75, 3.05) is 0 Å². The van der Waals surface area contributed by atoms with Gasteiger partial charge in [-0.25, -0.2) is 21.6 Å². The fourth-order valence-electron chi connectivity index (χ4n) is 1.63. The van der Waals surface area contributed by atoms with Gasteiger partial charge in [-0.05, 0) is 24.3 Å². The largest absolute Gasteiger partial charge is 0.264 e. The molecule has 0 unspecified atom stereocenters. The van der Waals surface area contributed by atoms with Gasteiger partial charge >= 0.3 is 0 Å². The first-order valence-corrected chi connectivity index (χ1v) is 7.78. The first kappa shape index (κ1) is 15.2. The summed E-state index contributed by atoms with van der Waals surface area (Å²) in [5.41, 5.74) is -0.687. The zero-order valence-corrected chi connectivity index (χ0v) is 11.8. The molecule has 0 heterocycles. The van der Waals surface area contributed by atoms with Crippen LogP contribution >= 0.6 is 22.3 Å². The molecule has 0 saturated carbocycles. The van der Waals surface area contributed by atoms with Crippen LogP contribution in [0.5, 0.6) is 0 Å². The molecule has 0 spiro atoms. The highest BCUT2D eigenvalue weighted by Crippen LogP contribution is 2.32. The van der Waals surface area contributed by atoms with Gasteiger partial charge in [-0.3, -0.25) is 0 Å². The molecule has 106 valence electrons. The van der Waals surface area contributed by atoms with E-state index in [2.05, 4.69) is 0 Å². The summed E-state index contributed by atoms with van der Waals surface area (Å²) in [6.07, 6.45) is 0. The molecule has 0 atom stereocenters. The normalized spacial score (nSPS) is 11.7. The third-order valence-corrected chi connectivity index (χ3v) is 4.08. The zero-order chi connectivity index (χ0) is 15.1. The van der Waals surface area contributed by atoms with Crippen molar-refractivity contribution in [1.82, 2.24) is 0 Å². The molecule has 0 saturated heterocycles. The van der Waals surface area contributed by atoms with Gasteiger partial charge in [0, 0.05) is 32.9 Å². The Labute approximate surface area is 122 Å². The minimum absolute atomic E-state index is 0.0824. The van der Waals surface area contributed by atoms with Crippen molar-refractivity contribution in [3.8, 4) is 11.1 Å². The van der Waals surface area contributed by atoms with Gasteiger partial charge in [0.15, 0.2) is 0 Å². The Morgan fingerprint density at radius 2 is 1.45 bits per heavy atom. The molecule has 2 aromatic carbocycles. The lowest BCUT2D eigenvalue weighted by atomic mass is 10.0. The quantitative estimate of drug-likeness (QED) is 0.761. The van der Waals surface area contributed by atoms with Crippen molar-refractivity contribution in [2.24, 2.45) is 0 Å². The highest BCUT2D eigenvalue weighted by atomic mass is 35.7. The van der Waals surface area contributed by atoms with E-state index in [0.29, 0.717) is 12.1 Å². The fraction of sp³-hybridized carbons (Fsp3) is 0. The van der Waals surface area contributed by atoms with E-state index in [1.54, 1.807) is 0 Å². The second kappa shape index (κ2) is 5.27. The number of hydrogen-bond donors (Lipinski definition) is 0. The van der Waals surface area contributed by atoms with E-state index >= 15 is 0 Å². The Balaban J connectivity index is 2.75. The molecule has 0 fully saturated rings. The molecule has 20 heavy (non-hydrogen) atoms. The molecule has 0 aliphatic carbocycles. The highest BCUT2D eigenvalue weighted by molar-refractivity contribution is 8.13. The molecule has 2 rings (SSSR count). The van der Waals surface area contributed by atoms with Gasteiger partial charge in [0.2, 0.25) is 0 Å². The van der Waals surface area contributed by atoms with Crippen molar-refractivity contribution in [3.05, 3.63) is 52.8 Å². The molecule has 2 aromatic rings. The first-order valence-electron chi connectivity index (χ1n) is 5.09. The maximum Gasteiger partial charge on any atom is 0.264 e. The second-order valence-electron chi connectivity index (χ2n) is 3.82. The maximum absolute atomic E-state index is 13.7. The topological polar surface area (TPSA) is 34.1 Å². The molecule has 2 nitrogen and oxygen atoms in total. The second-order valence-corrected chi connectivity index (χ2v) is 6.80. The van der Waals surface area contributed by atoms with Crippen molar-refractivity contribution in [3.63, 3.8) is 0 Å². The Kier molecular flexibility index (Phi) is 4.00. The lowest BCUT2D eigenvalue weighted by Crippen LogP contribution is -1.99. The molecular formula is C12H5Cl2F3O2S. The number of hydrogen-bond acceptors (Lipinski definition) is 2. The van der Waals surface area contributed by atoms with E-state index in [4.69, 9.17) is 22.3 Å². The summed E-state index contributed by atoms with van der Waals surface area (Å²) in [4.78, 5) is -0.926. The number of benzene rings is 2. The van der Waals surface area contributed by atoms with Crippen LogP contribution < -0.4 is 0 Å². The lowest BCUT2D eigenvalue weighted by Gasteiger charge is -2.08. The Bertz CT molecular complexity index is 792. The lowest BCUT2D eigenvalue weighted by molar-refractivity contribution is 0.554. The molecule has 8 heteroatoms. The van der Waals surface area contributed by atoms with E-state index in [9.17, 15) is 21.6 Å². The Morgan fingerprint density at radius 3 is 2.00 bits per heavy atom. The van der Waals surface area contributed by atoms with Crippen LogP contribution in [0.2, 0.25) is 5.02 Å². The van der Waals surface area contributed by atoms with Crippen LogP contribution in [0.25, 0.3) is 11.1 Å². The molecule has 0 aliphatic rings. The Hall–Kier alpha value is -1.24. The Morgan fingerprint density at radius 1 is 0.850 bits per heavy atom. The maximum atomic E-state index is 13.7. The third kappa shape index (κ3) is 2.92. The minimum atomic E-state index is -4.42. The third-order valence-electron chi connectivity index (χ3n) is 2.51. The van der Waals surface area contributed by atoms with Crippen molar-refractivity contribution >= 4 is 31.3 Å².